The average Bonchev–Trinajstić information content (AvgIpc) is 3.19. The van der Waals surface area contributed by atoms with E-state index in [1.165, 1.54) is 18.4 Å². The summed E-state index contributed by atoms with van der Waals surface area (Å²) in [7, 11) is 1.74. The van der Waals surface area contributed by atoms with Crippen molar-refractivity contribution < 1.29 is 9.47 Å². The molecule has 3 heteroatoms. The number of ether oxygens (including phenoxy) is 2. The Balaban J connectivity index is 1.95. The molecule has 0 aromatic heterocycles. The van der Waals surface area contributed by atoms with Gasteiger partial charge in [-0.25, -0.2) is 0 Å². The third-order valence-corrected chi connectivity index (χ3v) is 3.08. The molecular weight excluding hydrogens is 226 g/mol. The van der Waals surface area contributed by atoms with Crippen molar-refractivity contribution in [2.24, 2.45) is 0 Å². The van der Waals surface area contributed by atoms with Crippen molar-refractivity contribution in [2.45, 2.75) is 38.3 Å². The highest BCUT2D eigenvalue weighted by Crippen LogP contribution is 2.27. The Morgan fingerprint density at radius 2 is 2.00 bits per heavy atom. The molecule has 1 aromatic carbocycles. The van der Waals surface area contributed by atoms with E-state index < -0.39 is 0 Å². The molecule has 1 aliphatic carbocycles. The monoisotopic (exact) mass is 249 g/mol. The highest BCUT2D eigenvalue weighted by atomic mass is 16.5. The van der Waals surface area contributed by atoms with E-state index in [-0.39, 0.29) is 6.04 Å². The van der Waals surface area contributed by atoms with Gasteiger partial charge in [0.1, 0.15) is 5.75 Å². The van der Waals surface area contributed by atoms with Gasteiger partial charge in [0.25, 0.3) is 0 Å². The van der Waals surface area contributed by atoms with Crippen molar-refractivity contribution in [3.8, 4) is 5.75 Å². The zero-order valence-electron chi connectivity index (χ0n) is 11.3. The molecule has 0 saturated heterocycles. The Bertz CT molecular complexity index is 346. The summed E-state index contributed by atoms with van der Waals surface area (Å²) < 4.78 is 11.0. The van der Waals surface area contributed by atoms with Crippen LogP contribution >= 0.6 is 0 Å². The fraction of sp³-hybridized carbons (Fsp3) is 0.600. The Morgan fingerprint density at radius 1 is 1.28 bits per heavy atom. The summed E-state index contributed by atoms with van der Waals surface area (Å²) in [5.74, 6) is 0.980. The zero-order chi connectivity index (χ0) is 12.8. The van der Waals surface area contributed by atoms with Crippen molar-refractivity contribution in [3.05, 3.63) is 29.8 Å². The van der Waals surface area contributed by atoms with Gasteiger partial charge in [0.05, 0.1) is 18.8 Å². The van der Waals surface area contributed by atoms with Gasteiger partial charge in [0.2, 0.25) is 0 Å². The van der Waals surface area contributed by atoms with Crippen LogP contribution in [0, 0.1) is 0 Å². The molecule has 100 valence electrons. The molecule has 0 radical (unpaired) electrons. The van der Waals surface area contributed by atoms with Gasteiger partial charge in [0.15, 0.2) is 0 Å². The molecule has 1 fully saturated rings. The number of rotatable bonds is 8. The second kappa shape index (κ2) is 6.76. The highest BCUT2D eigenvalue weighted by Gasteiger charge is 2.23. The van der Waals surface area contributed by atoms with Gasteiger partial charge in [-0.1, -0.05) is 19.1 Å². The number of nitrogens with one attached hydrogen (secondary N) is 1. The molecule has 1 unspecified atom stereocenters. The molecule has 18 heavy (non-hydrogen) atoms. The van der Waals surface area contributed by atoms with Crippen LogP contribution in [0.2, 0.25) is 0 Å². The zero-order valence-corrected chi connectivity index (χ0v) is 11.3. The molecule has 0 aliphatic heterocycles. The third kappa shape index (κ3) is 4.00. The lowest BCUT2D eigenvalue weighted by Crippen LogP contribution is -2.25. The SMILES string of the molecule is CCCNC(COC)c1ccc(OC2CC2)cc1. The minimum atomic E-state index is 0.268. The lowest BCUT2D eigenvalue weighted by Gasteiger charge is -2.18. The molecule has 1 saturated carbocycles. The lowest BCUT2D eigenvalue weighted by atomic mass is 10.1. The van der Waals surface area contributed by atoms with E-state index >= 15 is 0 Å². The van der Waals surface area contributed by atoms with Gasteiger partial charge < -0.3 is 14.8 Å². The number of benzene rings is 1. The molecule has 2 rings (SSSR count). The van der Waals surface area contributed by atoms with Gasteiger partial charge in [0, 0.05) is 7.11 Å². The van der Waals surface area contributed by atoms with Crippen LogP contribution in [0.25, 0.3) is 0 Å². The maximum absolute atomic E-state index is 5.75. The summed E-state index contributed by atoms with van der Waals surface area (Å²) in [5.41, 5.74) is 1.26. The fourth-order valence-corrected chi connectivity index (χ4v) is 1.92. The van der Waals surface area contributed by atoms with Crippen LogP contribution in [-0.2, 0) is 4.74 Å². The quantitative estimate of drug-likeness (QED) is 0.768. The van der Waals surface area contributed by atoms with Gasteiger partial charge in [-0.2, -0.15) is 0 Å². The predicted octanol–water partition coefficient (Wildman–Crippen LogP) is 2.91. The number of hydrogen-bond acceptors (Lipinski definition) is 3. The average molecular weight is 249 g/mol. The molecule has 1 atom stereocenters. The summed E-state index contributed by atoms with van der Waals surface area (Å²) in [5, 5.41) is 3.49. The minimum Gasteiger partial charge on any atom is -0.490 e. The van der Waals surface area contributed by atoms with E-state index in [2.05, 4.69) is 36.5 Å². The maximum atomic E-state index is 5.75. The van der Waals surface area contributed by atoms with E-state index in [4.69, 9.17) is 9.47 Å². The Kier molecular flexibility index (Phi) is 5.02. The Morgan fingerprint density at radius 3 is 2.56 bits per heavy atom. The summed E-state index contributed by atoms with van der Waals surface area (Å²) >= 11 is 0. The molecule has 0 bridgehead atoms. The van der Waals surface area contributed by atoms with Crippen LogP contribution in [0.1, 0.15) is 37.8 Å². The molecular formula is C15H23NO2. The van der Waals surface area contributed by atoms with Gasteiger partial charge in [-0.05, 0) is 43.5 Å². The van der Waals surface area contributed by atoms with Crippen LogP contribution in [-0.4, -0.2) is 26.4 Å². The minimum absolute atomic E-state index is 0.268. The van der Waals surface area contributed by atoms with Crippen molar-refractivity contribution in [3.63, 3.8) is 0 Å². The smallest absolute Gasteiger partial charge is 0.119 e. The predicted molar refractivity (Wildman–Crippen MR) is 73.0 cm³/mol. The van der Waals surface area contributed by atoms with Crippen molar-refractivity contribution >= 4 is 0 Å². The lowest BCUT2D eigenvalue weighted by molar-refractivity contribution is 0.167. The molecule has 0 amide bonds. The van der Waals surface area contributed by atoms with Gasteiger partial charge >= 0.3 is 0 Å². The second-order valence-electron chi connectivity index (χ2n) is 4.85. The van der Waals surface area contributed by atoms with Gasteiger partial charge in [-0.15, -0.1) is 0 Å². The van der Waals surface area contributed by atoms with E-state index in [1.807, 2.05) is 0 Å². The first-order valence-corrected chi connectivity index (χ1v) is 6.82. The first kappa shape index (κ1) is 13.4. The molecule has 1 aliphatic rings. The van der Waals surface area contributed by atoms with Crippen molar-refractivity contribution in [2.75, 3.05) is 20.3 Å². The maximum Gasteiger partial charge on any atom is 0.119 e. The summed E-state index contributed by atoms with van der Waals surface area (Å²) in [6.45, 7) is 3.88. The van der Waals surface area contributed by atoms with Crippen LogP contribution in [0.15, 0.2) is 24.3 Å². The highest BCUT2D eigenvalue weighted by molar-refractivity contribution is 5.29. The first-order valence-electron chi connectivity index (χ1n) is 6.82. The number of hydrogen-bond donors (Lipinski definition) is 1. The molecule has 1 N–H and O–H groups in total. The van der Waals surface area contributed by atoms with Crippen molar-refractivity contribution in [1.29, 1.82) is 0 Å². The van der Waals surface area contributed by atoms with E-state index in [0.717, 1.165) is 18.7 Å². The standard InChI is InChI=1S/C15H23NO2/c1-3-10-16-15(11-17-2)12-4-6-13(7-5-12)18-14-8-9-14/h4-7,14-16H,3,8-11H2,1-2H3. The molecule has 1 aromatic rings. The van der Waals surface area contributed by atoms with Crippen LogP contribution in [0.3, 0.4) is 0 Å². The normalized spacial score (nSPS) is 16.6. The van der Waals surface area contributed by atoms with Gasteiger partial charge in [-0.3, -0.25) is 0 Å². The first-order chi connectivity index (χ1) is 8.83. The Labute approximate surface area is 109 Å². The van der Waals surface area contributed by atoms with E-state index in [1.54, 1.807) is 7.11 Å². The van der Waals surface area contributed by atoms with Crippen LogP contribution < -0.4 is 10.1 Å². The number of methoxy groups -OCH3 is 1. The molecule has 0 spiro atoms. The topological polar surface area (TPSA) is 30.5 Å². The van der Waals surface area contributed by atoms with Crippen molar-refractivity contribution in [1.82, 2.24) is 5.32 Å². The molecule has 0 heterocycles. The van der Waals surface area contributed by atoms with Crippen LogP contribution in [0.5, 0.6) is 5.75 Å². The third-order valence-electron chi connectivity index (χ3n) is 3.08. The summed E-state index contributed by atoms with van der Waals surface area (Å²) in [4.78, 5) is 0. The molecule has 3 nitrogen and oxygen atoms in total. The Hall–Kier alpha value is -1.06. The largest absolute Gasteiger partial charge is 0.490 e. The second-order valence-corrected chi connectivity index (χ2v) is 4.85. The van der Waals surface area contributed by atoms with E-state index in [0.29, 0.717) is 12.7 Å². The van der Waals surface area contributed by atoms with Crippen LogP contribution in [0.4, 0.5) is 0 Å². The van der Waals surface area contributed by atoms with E-state index in [9.17, 15) is 0 Å². The fourth-order valence-electron chi connectivity index (χ4n) is 1.92. The summed E-state index contributed by atoms with van der Waals surface area (Å²) in [6, 6.07) is 8.65. The summed E-state index contributed by atoms with van der Waals surface area (Å²) in [6.07, 6.45) is 3.99.